The number of aliphatic imine (C=N–C) groups is 1. The molecule has 0 saturated carbocycles. The molecule has 4 rings (SSSR count). The second kappa shape index (κ2) is 7.88. The third-order valence-corrected chi connectivity index (χ3v) is 5.23. The fourth-order valence-electron chi connectivity index (χ4n) is 2.64. The number of aromatic nitrogens is 1. The third-order valence-electron chi connectivity index (χ3n) is 3.97. The maximum absolute atomic E-state index is 13.1. The molecule has 5 nitrogen and oxygen atoms in total. The van der Waals surface area contributed by atoms with Crippen molar-refractivity contribution in [2.75, 3.05) is 4.90 Å². The van der Waals surface area contributed by atoms with Crippen molar-refractivity contribution < 1.29 is 9.90 Å². The van der Waals surface area contributed by atoms with Crippen molar-refractivity contribution in [1.82, 2.24) is 4.98 Å². The molecule has 0 spiro atoms. The van der Waals surface area contributed by atoms with E-state index in [-0.39, 0.29) is 16.8 Å². The summed E-state index contributed by atoms with van der Waals surface area (Å²) < 4.78 is 0. The van der Waals surface area contributed by atoms with Gasteiger partial charge in [-0.3, -0.25) is 9.69 Å². The van der Waals surface area contributed by atoms with Crippen LogP contribution in [0.1, 0.15) is 5.56 Å². The number of nitrogens with zero attached hydrogens (tertiary/aromatic N) is 3. The van der Waals surface area contributed by atoms with E-state index in [1.165, 1.54) is 11.8 Å². The molecule has 0 aliphatic carbocycles. The van der Waals surface area contributed by atoms with Crippen LogP contribution in [0.15, 0.2) is 82.8 Å². The summed E-state index contributed by atoms with van der Waals surface area (Å²) in [5.74, 6) is -0.00466. The molecule has 1 saturated heterocycles. The second-order valence-electron chi connectivity index (χ2n) is 5.89. The van der Waals surface area contributed by atoms with Gasteiger partial charge >= 0.3 is 0 Å². The fraction of sp³-hybridized carbons (Fsp3) is 0. The smallest absolute Gasteiger partial charge is 0.271 e. The van der Waals surface area contributed by atoms with E-state index in [2.05, 4.69) is 9.98 Å². The first-order valence-electron chi connectivity index (χ1n) is 8.39. The van der Waals surface area contributed by atoms with E-state index in [1.807, 2.05) is 30.3 Å². The van der Waals surface area contributed by atoms with Crippen LogP contribution >= 0.6 is 23.4 Å². The first-order chi connectivity index (χ1) is 13.6. The molecule has 1 N–H and O–H groups in total. The van der Waals surface area contributed by atoms with Crippen LogP contribution in [0.25, 0.3) is 6.08 Å². The lowest BCUT2D eigenvalue weighted by Gasteiger charge is -2.15. The molecular formula is C21H14ClN3O2S. The van der Waals surface area contributed by atoms with Gasteiger partial charge in [0.2, 0.25) is 0 Å². The SMILES string of the molecule is O=C1/C(=C/c2ccc(O)cc2)SC(=Nc2cccnc2Cl)N1c1ccccc1. The van der Waals surface area contributed by atoms with Crippen LogP contribution < -0.4 is 4.90 Å². The molecule has 1 aromatic heterocycles. The zero-order chi connectivity index (χ0) is 19.5. The van der Waals surface area contributed by atoms with Crippen LogP contribution in [0.2, 0.25) is 5.15 Å². The Labute approximate surface area is 171 Å². The van der Waals surface area contributed by atoms with E-state index < -0.39 is 0 Å². The summed E-state index contributed by atoms with van der Waals surface area (Å²) in [5, 5.41) is 10.2. The number of amidine groups is 1. The summed E-state index contributed by atoms with van der Waals surface area (Å²) >= 11 is 7.41. The van der Waals surface area contributed by atoms with Crippen LogP contribution in [-0.2, 0) is 4.79 Å². The van der Waals surface area contributed by atoms with Crippen molar-refractivity contribution in [3.05, 3.63) is 88.5 Å². The van der Waals surface area contributed by atoms with Crippen LogP contribution in [0.3, 0.4) is 0 Å². The highest BCUT2D eigenvalue weighted by molar-refractivity contribution is 8.19. The number of pyridine rings is 1. The lowest BCUT2D eigenvalue weighted by atomic mass is 10.2. The van der Waals surface area contributed by atoms with Crippen molar-refractivity contribution in [2.24, 2.45) is 4.99 Å². The molecule has 0 unspecified atom stereocenters. The van der Waals surface area contributed by atoms with E-state index in [0.717, 1.165) is 5.56 Å². The highest BCUT2D eigenvalue weighted by Gasteiger charge is 2.34. The number of phenolic OH excluding ortho intramolecular Hbond substituents is 1. The zero-order valence-electron chi connectivity index (χ0n) is 14.5. The molecule has 1 fully saturated rings. The summed E-state index contributed by atoms with van der Waals surface area (Å²) in [4.78, 5) is 23.8. The van der Waals surface area contributed by atoms with Gasteiger partial charge in [0.25, 0.3) is 5.91 Å². The highest BCUT2D eigenvalue weighted by atomic mass is 35.5. The Kier molecular flexibility index (Phi) is 5.14. The van der Waals surface area contributed by atoms with Gasteiger partial charge in [0.1, 0.15) is 11.4 Å². The van der Waals surface area contributed by atoms with Crippen LogP contribution in [0, 0.1) is 0 Å². The molecular weight excluding hydrogens is 394 g/mol. The largest absolute Gasteiger partial charge is 0.508 e. The maximum atomic E-state index is 13.1. The van der Waals surface area contributed by atoms with E-state index in [9.17, 15) is 9.90 Å². The van der Waals surface area contributed by atoms with Gasteiger partial charge in [-0.25, -0.2) is 9.98 Å². The van der Waals surface area contributed by atoms with Crippen LogP contribution in [-0.4, -0.2) is 21.2 Å². The van der Waals surface area contributed by atoms with E-state index in [1.54, 1.807) is 53.6 Å². The van der Waals surface area contributed by atoms with Gasteiger partial charge in [-0.2, -0.15) is 0 Å². The van der Waals surface area contributed by atoms with Crippen molar-refractivity contribution in [3.63, 3.8) is 0 Å². The number of anilines is 1. The minimum atomic E-state index is -0.178. The number of aromatic hydroxyl groups is 1. The average Bonchev–Trinajstić information content (AvgIpc) is 3.01. The quantitative estimate of drug-likeness (QED) is 0.475. The zero-order valence-corrected chi connectivity index (χ0v) is 16.1. The number of benzene rings is 2. The molecule has 1 aliphatic heterocycles. The van der Waals surface area contributed by atoms with Gasteiger partial charge in [-0.15, -0.1) is 0 Å². The van der Waals surface area contributed by atoms with Crippen molar-refractivity contribution >= 4 is 51.9 Å². The first-order valence-corrected chi connectivity index (χ1v) is 9.58. The number of phenols is 1. The third kappa shape index (κ3) is 3.78. The molecule has 1 amide bonds. The van der Waals surface area contributed by atoms with Gasteiger partial charge in [-0.1, -0.05) is 41.9 Å². The number of carbonyl (C=O) groups excluding carboxylic acids is 1. The number of amides is 1. The van der Waals surface area contributed by atoms with Crippen molar-refractivity contribution in [3.8, 4) is 5.75 Å². The van der Waals surface area contributed by atoms with Gasteiger partial charge in [0, 0.05) is 6.20 Å². The monoisotopic (exact) mass is 407 g/mol. The van der Waals surface area contributed by atoms with Crippen LogP contribution in [0.4, 0.5) is 11.4 Å². The Hall–Kier alpha value is -3.09. The van der Waals surface area contributed by atoms with Crippen molar-refractivity contribution in [1.29, 1.82) is 0 Å². The number of hydrogen-bond acceptors (Lipinski definition) is 5. The van der Waals surface area contributed by atoms with Gasteiger partial charge < -0.3 is 5.11 Å². The summed E-state index contributed by atoms with van der Waals surface area (Å²) in [6.45, 7) is 0. The van der Waals surface area contributed by atoms with E-state index >= 15 is 0 Å². The Morgan fingerprint density at radius 2 is 1.79 bits per heavy atom. The summed E-state index contributed by atoms with van der Waals surface area (Å²) in [6.07, 6.45) is 3.36. The van der Waals surface area contributed by atoms with Gasteiger partial charge in [0.05, 0.1) is 10.6 Å². The highest BCUT2D eigenvalue weighted by Crippen LogP contribution is 2.38. The molecule has 3 aromatic rings. The number of carbonyl (C=O) groups is 1. The summed E-state index contributed by atoms with van der Waals surface area (Å²) in [6, 6.07) is 19.5. The predicted molar refractivity (Wildman–Crippen MR) is 114 cm³/mol. The number of thioether (sulfide) groups is 1. The minimum absolute atomic E-state index is 0.173. The number of rotatable bonds is 3. The predicted octanol–water partition coefficient (Wildman–Crippen LogP) is 5.25. The molecule has 28 heavy (non-hydrogen) atoms. The Morgan fingerprint density at radius 3 is 2.50 bits per heavy atom. The molecule has 2 heterocycles. The second-order valence-corrected chi connectivity index (χ2v) is 7.25. The molecule has 7 heteroatoms. The molecule has 0 atom stereocenters. The molecule has 2 aromatic carbocycles. The first kappa shape index (κ1) is 18.3. The number of halogens is 1. The Morgan fingerprint density at radius 1 is 1.04 bits per heavy atom. The van der Waals surface area contributed by atoms with Gasteiger partial charge in [0.15, 0.2) is 10.3 Å². The van der Waals surface area contributed by atoms with E-state index in [4.69, 9.17) is 11.6 Å². The number of para-hydroxylation sites is 1. The minimum Gasteiger partial charge on any atom is -0.508 e. The van der Waals surface area contributed by atoms with E-state index in [0.29, 0.717) is 21.4 Å². The number of hydrogen-bond donors (Lipinski definition) is 1. The average molecular weight is 408 g/mol. The van der Waals surface area contributed by atoms with Crippen molar-refractivity contribution in [2.45, 2.75) is 0 Å². The summed E-state index contributed by atoms with van der Waals surface area (Å²) in [5.41, 5.74) is 2.02. The molecule has 0 bridgehead atoms. The summed E-state index contributed by atoms with van der Waals surface area (Å²) in [7, 11) is 0. The maximum Gasteiger partial charge on any atom is 0.271 e. The fourth-order valence-corrected chi connectivity index (χ4v) is 3.79. The normalized spacial score (nSPS) is 16.9. The molecule has 138 valence electrons. The van der Waals surface area contributed by atoms with Crippen LogP contribution in [0.5, 0.6) is 5.75 Å². The molecule has 1 aliphatic rings. The Bertz CT molecular complexity index is 1080. The van der Waals surface area contributed by atoms with Gasteiger partial charge in [-0.05, 0) is 59.8 Å². The topological polar surface area (TPSA) is 65.8 Å². The lowest BCUT2D eigenvalue weighted by Crippen LogP contribution is -2.28. The Balaban J connectivity index is 1.78. The lowest BCUT2D eigenvalue weighted by molar-refractivity contribution is -0.113. The molecule has 0 radical (unpaired) electrons. The standard InChI is InChI=1S/C21H14ClN3O2S/c22-19-17(7-4-12-23-19)24-21-25(15-5-2-1-3-6-15)20(27)18(28-21)13-14-8-10-16(26)11-9-14/h1-13,26H/b18-13-,24-21?.